The summed E-state index contributed by atoms with van der Waals surface area (Å²) in [6.07, 6.45) is 0.155. The van der Waals surface area contributed by atoms with E-state index in [0.717, 1.165) is 25.0 Å². The summed E-state index contributed by atoms with van der Waals surface area (Å²) in [6, 6.07) is 6.45. The first-order valence-corrected chi connectivity index (χ1v) is 9.83. The van der Waals surface area contributed by atoms with Crippen LogP contribution in [-0.4, -0.2) is 31.0 Å². The zero-order valence-corrected chi connectivity index (χ0v) is 16.1. The van der Waals surface area contributed by atoms with Gasteiger partial charge in [-0.25, -0.2) is 9.97 Å². The summed E-state index contributed by atoms with van der Waals surface area (Å²) < 4.78 is 52.7. The minimum Gasteiger partial charge on any atom is -0.351 e. The first-order valence-electron chi connectivity index (χ1n) is 9.83. The SMILES string of the molecule is Fc1cc(Nc2nc(NC3C4CCCC43)nc(-c3cccc(C(F)(F)F)n3)n2)ccn1. The van der Waals surface area contributed by atoms with Gasteiger partial charge < -0.3 is 10.6 Å². The molecular weight excluding hydrogens is 414 g/mol. The van der Waals surface area contributed by atoms with Crippen LogP contribution in [0.4, 0.5) is 35.1 Å². The smallest absolute Gasteiger partial charge is 0.351 e. The Kier molecular flexibility index (Phi) is 4.67. The summed E-state index contributed by atoms with van der Waals surface area (Å²) in [5.41, 5.74) is -0.738. The molecule has 2 atom stereocenters. The van der Waals surface area contributed by atoms with Crippen LogP contribution in [0.15, 0.2) is 36.5 Å². The van der Waals surface area contributed by atoms with Crippen molar-refractivity contribution in [2.75, 3.05) is 10.6 Å². The van der Waals surface area contributed by atoms with Crippen molar-refractivity contribution in [3.63, 3.8) is 0 Å². The Morgan fingerprint density at radius 3 is 2.45 bits per heavy atom. The molecule has 7 nitrogen and oxygen atoms in total. The van der Waals surface area contributed by atoms with Gasteiger partial charge in [0.15, 0.2) is 5.82 Å². The predicted octanol–water partition coefficient (Wildman–Crippen LogP) is 4.44. The van der Waals surface area contributed by atoms with Crippen LogP contribution in [0.3, 0.4) is 0 Å². The molecule has 0 aromatic carbocycles. The first kappa shape index (κ1) is 19.6. The van der Waals surface area contributed by atoms with E-state index in [1.807, 2.05) is 0 Å². The van der Waals surface area contributed by atoms with E-state index in [2.05, 4.69) is 35.6 Å². The zero-order chi connectivity index (χ0) is 21.6. The Bertz CT molecular complexity index is 1110. The average molecular weight is 431 g/mol. The van der Waals surface area contributed by atoms with E-state index in [1.165, 1.54) is 30.8 Å². The molecule has 31 heavy (non-hydrogen) atoms. The highest BCUT2D eigenvalue weighted by Crippen LogP contribution is 2.53. The van der Waals surface area contributed by atoms with Crippen LogP contribution in [0.1, 0.15) is 25.0 Å². The van der Waals surface area contributed by atoms with Gasteiger partial charge in [-0.3, -0.25) is 0 Å². The topological polar surface area (TPSA) is 88.5 Å². The molecule has 0 aliphatic heterocycles. The van der Waals surface area contributed by atoms with Crippen molar-refractivity contribution in [2.45, 2.75) is 31.5 Å². The highest BCUT2D eigenvalue weighted by Gasteiger charge is 2.53. The number of aromatic nitrogens is 5. The van der Waals surface area contributed by atoms with E-state index in [0.29, 0.717) is 17.5 Å². The summed E-state index contributed by atoms with van der Waals surface area (Å²) in [4.78, 5) is 20.0. The molecule has 3 aromatic heterocycles. The Balaban J connectivity index is 1.49. The lowest BCUT2D eigenvalue weighted by Gasteiger charge is -2.12. The Morgan fingerprint density at radius 2 is 1.71 bits per heavy atom. The second-order valence-electron chi connectivity index (χ2n) is 7.63. The third kappa shape index (κ3) is 4.12. The standard InChI is InChI=1S/C20H17F4N7/c21-15-9-10(7-8-25-15)26-18-29-17(13-5-2-6-14(27-13)20(22,23)24)30-19(31-18)28-16-11-3-1-4-12(11)16/h2,5-9,11-12,16H,1,3-4H2,(H2,25,26,28,29,30,31). The van der Waals surface area contributed by atoms with Gasteiger partial charge in [-0.05, 0) is 42.9 Å². The van der Waals surface area contributed by atoms with Gasteiger partial charge in [0.25, 0.3) is 0 Å². The fourth-order valence-electron chi connectivity index (χ4n) is 4.12. The molecule has 2 unspecified atom stereocenters. The molecule has 160 valence electrons. The van der Waals surface area contributed by atoms with Crippen LogP contribution in [0.5, 0.6) is 0 Å². The molecule has 3 aromatic rings. The number of hydrogen-bond donors (Lipinski definition) is 2. The van der Waals surface area contributed by atoms with Crippen molar-refractivity contribution in [1.29, 1.82) is 0 Å². The van der Waals surface area contributed by atoms with Crippen LogP contribution in [0.2, 0.25) is 0 Å². The van der Waals surface area contributed by atoms with Gasteiger partial charge in [0.2, 0.25) is 17.8 Å². The fraction of sp³-hybridized carbons (Fsp3) is 0.350. The van der Waals surface area contributed by atoms with Gasteiger partial charge in [-0.2, -0.15) is 32.5 Å². The minimum absolute atomic E-state index is 0.0218. The van der Waals surface area contributed by atoms with E-state index in [-0.39, 0.29) is 29.5 Å². The van der Waals surface area contributed by atoms with Crippen molar-refractivity contribution in [2.24, 2.45) is 11.8 Å². The first-order chi connectivity index (χ1) is 14.9. The maximum atomic E-state index is 13.4. The molecule has 2 N–H and O–H groups in total. The zero-order valence-electron chi connectivity index (χ0n) is 16.1. The predicted molar refractivity (Wildman–Crippen MR) is 104 cm³/mol. The van der Waals surface area contributed by atoms with Crippen LogP contribution in [0, 0.1) is 17.8 Å². The second-order valence-corrected chi connectivity index (χ2v) is 7.63. The molecule has 0 saturated heterocycles. The lowest BCUT2D eigenvalue weighted by Crippen LogP contribution is -2.14. The van der Waals surface area contributed by atoms with E-state index in [1.54, 1.807) is 0 Å². The molecule has 0 radical (unpaired) electrons. The molecule has 0 amide bonds. The molecular formula is C20H17F4N7. The van der Waals surface area contributed by atoms with E-state index in [9.17, 15) is 17.6 Å². The molecule has 11 heteroatoms. The number of nitrogens with zero attached hydrogens (tertiary/aromatic N) is 5. The van der Waals surface area contributed by atoms with Gasteiger partial charge in [-0.15, -0.1) is 0 Å². The largest absolute Gasteiger partial charge is 0.433 e. The lowest BCUT2D eigenvalue weighted by molar-refractivity contribution is -0.141. The Hall–Kier alpha value is -3.37. The summed E-state index contributed by atoms with van der Waals surface area (Å²) in [5, 5.41) is 6.12. The van der Waals surface area contributed by atoms with Crippen molar-refractivity contribution in [1.82, 2.24) is 24.9 Å². The number of anilines is 3. The number of hydrogen-bond acceptors (Lipinski definition) is 7. The van der Waals surface area contributed by atoms with Crippen LogP contribution in [-0.2, 0) is 6.18 Å². The molecule has 0 bridgehead atoms. The number of pyridine rings is 2. The monoisotopic (exact) mass is 431 g/mol. The average Bonchev–Trinajstić information content (AvgIpc) is 3.14. The molecule has 2 fully saturated rings. The molecule has 3 heterocycles. The number of fused-ring (bicyclic) bond motifs is 1. The maximum absolute atomic E-state index is 13.4. The minimum atomic E-state index is -4.59. The van der Waals surface area contributed by atoms with Crippen LogP contribution >= 0.6 is 0 Å². The molecule has 2 saturated carbocycles. The summed E-state index contributed by atoms with van der Waals surface area (Å²) >= 11 is 0. The third-order valence-electron chi connectivity index (χ3n) is 5.59. The van der Waals surface area contributed by atoms with Crippen molar-refractivity contribution < 1.29 is 17.6 Å². The highest BCUT2D eigenvalue weighted by atomic mass is 19.4. The molecule has 0 spiro atoms. The second kappa shape index (κ2) is 7.40. The summed E-state index contributed by atoms with van der Waals surface area (Å²) in [6.45, 7) is 0. The number of rotatable bonds is 5. The van der Waals surface area contributed by atoms with E-state index >= 15 is 0 Å². The molecule has 2 aliphatic rings. The number of halogens is 4. The van der Waals surface area contributed by atoms with Gasteiger partial charge in [0.05, 0.1) is 0 Å². The molecule has 5 rings (SSSR count). The quantitative estimate of drug-likeness (QED) is 0.456. The van der Waals surface area contributed by atoms with E-state index in [4.69, 9.17) is 0 Å². The normalized spacial score (nSPS) is 22.1. The third-order valence-corrected chi connectivity index (χ3v) is 5.59. The van der Waals surface area contributed by atoms with Crippen molar-refractivity contribution >= 4 is 17.6 Å². The number of nitrogens with one attached hydrogen (secondary N) is 2. The maximum Gasteiger partial charge on any atom is 0.433 e. The highest BCUT2D eigenvalue weighted by molar-refractivity contribution is 5.59. The van der Waals surface area contributed by atoms with E-state index < -0.39 is 17.8 Å². The summed E-state index contributed by atoms with van der Waals surface area (Å²) in [7, 11) is 0. The van der Waals surface area contributed by atoms with Crippen molar-refractivity contribution in [3.05, 3.63) is 48.2 Å². The van der Waals surface area contributed by atoms with Crippen molar-refractivity contribution in [3.8, 4) is 11.5 Å². The van der Waals surface area contributed by atoms with Crippen LogP contribution in [0.25, 0.3) is 11.5 Å². The van der Waals surface area contributed by atoms with Gasteiger partial charge in [-0.1, -0.05) is 12.5 Å². The van der Waals surface area contributed by atoms with Gasteiger partial charge in [0.1, 0.15) is 11.4 Å². The van der Waals surface area contributed by atoms with Gasteiger partial charge in [0, 0.05) is 24.0 Å². The molecule has 2 aliphatic carbocycles. The fourth-order valence-corrected chi connectivity index (χ4v) is 4.12. The lowest BCUT2D eigenvalue weighted by atomic mass is 10.2. The Morgan fingerprint density at radius 1 is 0.935 bits per heavy atom. The van der Waals surface area contributed by atoms with Gasteiger partial charge >= 0.3 is 6.18 Å². The van der Waals surface area contributed by atoms with Crippen LogP contribution < -0.4 is 10.6 Å². The summed E-state index contributed by atoms with van der Waals surface area (Å²) in [5.74, 6) is 0.716. The number of alkyl halides is 3. The Labute approximate surface area is 174 Å².